The van der Waals surface area contributed by atoms with Crippen molar-refractivity contribution in [1.29, 1.82) is 5.26 Å². The monoisotopic (exact) mass is 555 g/mol. The number of carbonyl (C=O) groups excluding carboxylic acids is 2. The van der Waals surface area contributed by atoms with E-state index in [0.717, 1.165) is 17.3 Å². The molecule has 40 heavy (non-hydrogen) atoms. The summed E-state index contributed by atoms with van der Waals surface area (Å²) < 4.78 is 16.3. The number of hydrogen-bond donors (Lipinski definition) is 2. The molecule has 8 nitrogen and oxygen atoms in total. The number of benzene rings is 3. The molecule has 0 aromatic heterocycles. The zero-order valence-electron chi connectivity index (χ0n) is 22.4. The summed E-state index contributed by atoms with van der Waals surface area (Å²) in [5.74, 6) is -0.521. The van der Waals surface area contributed by atoms with Crippen molar-refractivity contribution in [3.8, 4) is 17.6 Å². The van der Waals surface area contributed by atoms with E-state index in [-0.39, 0.29) is 18.3 Å². The molecule has 1 aliphatic rings. The molecule has 3 aromatic rings. The number of nitrogens with zero attached hydrogens (tertiary/aromatic N) is 1. The highest BCUT2D eigenvalue weighted by Crippen LogP contribution is 2.43. The maximum absolute atomic E-state index is 13.6. The fourth-order valence-corrected chi connectivity index (χ4v) is 5.21. The molecule has 0 spiro atoms. The number of ether oxygens (including phenoxy) is 3. The first-order chi connectivity index (χ1) is 19.4. The topological polar surface area (TPSA) is 110 Å². The minimum Gasteiger partial charge on any atom is -0.493 e. The average Bonchev–Trinajstić information content (AvgIpc) is 2.99. The molecule has 0 aliphatic carbocycles. The number of nitriles is 1. The van der Waals surface area contributed by atoms with Gasteiger partial charge in [-0.25, -0.2) is 0 Å². The Morgan fingerprint density at radius 3 is 2.30 bits per heavy atom. The van der Waals surface area contributed by atoms with Gasteiger partial charge < -0.3 is 24.8 Å². The molecule has 1 amide bonds. The maximum atomic E-state index is 13.6. The third-order valence-corrected chi connectivity index (χ3v) is 7.23. The van der Waals surface area contributed by atoms with Gasteiger partial charge in [-0.05, 0) is 42.3 Å². The molecule has 0 radical (unpaired) electrons. The summed E-state index contributed by atoms with van der Waals surface area (Å²) in [5, 5.41) is 16.9. The Morgan fingerprint density at radius 2 is 1.65 bits per heavy atom. The lowest BCUT2D eigenvalue weighted by molar-refractivity contribution is -0.141. The normalized spacial score (nSPS) is 14.6. The number of nitrogens with one attached hydrogen (secondary N) is 2. The van der Waals surface area contributed by atoms with Crippen LogP contribution in [0.1, 0.15) is 24.0 Å². The summed E-state index contributed by atoms with van der Waals surface area (Å²) in [5.41, 5.74) is 3.42. The zero-order valence-corrected chi connectivity index (χ0v) is 23.2. The van der Waals surface area contributed by atoms with Gasteiger partial charge in [-0.15, -0.1) is 0 Å². The van der Waals surface area contributed by atoms with Gasteiger partial charge in [0, 0.05) is 17.0 Å². The van der Waals surface area contributed by atoms with E-state index in [9.17, 15) is 14.9 Å². The van der Waals surface area contributed by atoms with Gasteiger partial charge in [-0.3, -0.25) is 9.59 Å². The number of allylic oxidation sites excluding steroid dienone is 2. The van der Waals surface area contributed by atoms with Crippen molar-refractivity contribution in [2.24, 2.45) is 0 Å². The summed E-state index contributed by atoms with van der Waals surface area (Å²) in [7, 11) is 3.06. The fraction of sp³-hybridized carbons (Fsp3) is 0.194. The molecule has 1 heterocycles. The number of para-hydroxylation sites is 1. The van der Waals surface area contributed by atoms with Crippen LogP contribution in [0.15, 0.2) is 101 Å². The van der Waals surface area contributed by atoms with E-state index in [1.54, 1.807) is 37.3 Å². The lowest BCUT2D eigenvalue weighted by Gasteiger charge is -2.30. The van der Waals surface area contributed by atoms with Crippen LogP contribution in [0.2, 0.25) is 0 Å². The van der Waals surface area contributed by atoms with Crippen molar-refractivity contribution >= 4 is 29.3 Å². The smallest absolute Gasteiger partial charge is 0.316 e. The fourth-order valence-electron chi connectivity index (χ4n) is 4.32. The van der Waals surface area contributed by atoms with Gasteiger partial charge in [0.2, 0.25) is 0 Å². The van der Waals surface area contributed by atoms with Crippen molar-refractivity contribution in [3.05, 3.63) is 112 Å². The SMILES string of the molecule is COc1ccc(C2C(C#N)=C(SCC(=O)OCc3ccccc3)NC(C)=C2C(=O)Nc2ccccc2)cc1OC. The second-order valence-electron chi connectivity index (χ2n) is 8.82. The van der Waals surface area contributed by atoms with E-state index in [1.165, 1.54) is 14.2 Å². The third kappa shape index (κ3) is 6.65. The van der Waals surface area contributed by atoms with Crippen LogP contribution in [-0.4, -0.2) is 31.8 Å². The van der Waals surface area contributed by atoms with Crippen LogP contribution in [0.4, 0.5) is 5.69 Å². The molecule has 1 atom stereocenters. The van der Waals surface area contributed by atoms with Gasteiger partial charge in [-0.1, -0.05) is 66.4 Å². The second-order valence-corrected chi connectivity index (χ2v) is 9.81. The van der Waals surface area contributed by atoms with Crippen molar-refractivity contribution in [3.63, 3.8) is 0 Å². The quantitative estimate of drug-likeness (QED) is 0.315. The first-order valence-electron chi connectivity index (χ1n) is 12.5. The van der Waals surface area contributed by atoms with E-state index < -0.39 is 11.9 Å². The van der Waals surface area contributed by atoms with E-state index in [4.69, 9.17) is 14.2 Å². The van der Waals surface area contributed by atoms with Crippen molar-refractivity contribution in [2.45, 2.75) is 19.4 Å². The minimum atomic E-state index is -0.724. The Kier molecular flexibility index (Phi) is 9.49. The average molecular weight is 556 g/mol. The molecule has 0 bridgehead atoms. The van der Waals surface area contributed by atoms with Crippen LogP contribution in [0.3, 0.4) is 0 Å². The number of hydrogen-bond acceptors (Lipinski definition) is 8. The van der Waals surface area contributed by atoms with Crippen LogP contribution < -0.4 is 20.1 Å². The molecule has 0 saturated carbocycles. The Bertz CT molecular complexity index is 1480. The number of rotatable bonds is 10. The van der Waals surface area contributed by atoms with Gasteiger partial charge in [0.1, 0.15) is 6.61 Å². The first kappa shape index (κ1) is 28.3. The van der Waals surface area contributed by atoms with E-state index >= 15 is 0 Å². The number of amides is 1. The number of methoxy groups -OCH3 is 2. The molecule has 1 aliphatic heterocycles. The molecule has 204 valence electrons. The van der Waals surface area contributed by atoms with Crippen molar-refractivity contribution in [1.82, 2.24) is 5.32 Å². The molecule has 1 unspecified atom stereocenters. The van der Waals surface area contributed by atoms with Gasteiger partial charge in [0.05, 0.1) is 42.6 Å². The Labute approximate surface area is 237 Å². The second kappa shape index (κ2) is 13.4. The van der Waals surface area contributed by atoms with Crippen LogP contribution in [0.25, 0.3) is 0 Å². The number of carbonyl (C=O) groups is 2. The molecule has 3 aromatic carbocycles. The highest BCUT2D eigenvalue weighted by molar-refractivity contribution is 8.03. The van der Waals surface area contributed by atoms with Gasteiger partial charge in [0.25, 0.3) is 5.91 Å². The molecule has 4 rings (SSSR count). The van der Waals surface area contributed by atoms with Crippen molar-refractivity contribution < 1.29 is 23.8 Å². The zero-order chi connectivity index (χ0) is 28.5. The number of dihydropyridines is 1. The largest absolute Gasteiger partial charge is 0.493 e. The Hall–Kier alpha value is -4.68. The summed E-state index contributed by atoms with van der Waals surface area (Å²) >= 11 is 1.16. The van der Waals surface area contributed by atoms with Crippen LogP contribution in [-0.2, 0) is 20.9 Å². The van der Waals surface area contributed by atoms with Crippen LogP contribution >= 0.6 is 11.8 Å². The lowest BCUT2D eigenvalue weighted by Crippen LogP contribution is -2.31. The number of esters is 1. The predicted molar refractivity (Wildman–Crippen MR) is 155 cm³/mol. The number of thioether (sulfide) groups is 1. The summed E-state index contributed by atoms with van der Waals surface area (Å²) in [6.45, 7) is 1.94. The predicted octanol–water partition coefficient (Wildman–Crippen LogP) is 5.52. The summed E-state index contributed by atoms with van der Waals surface area (Å²) in [6, 6.07) is 26.1. The molecular weight excluding hydrogens is 526 g/mol. The summed E-state index contributed by atoms with van der Waals surface area (Å²) in [4.78, 5) is 26.1. The van der Waals surface area contributed by atoms with E-state index in [0.29, 0.717) is 44.6 Å². The van der Waals surface area contributed by atoms with Crippen LogP contribution in [0.5, 0.6) is 11.5 Å². The Morgan fingerprint density at radius 1 is 0.975 bits per heavy atom. The van der Waals surface area contributed by atoms with Gasteiger partial charge in [-0.2, -0.15) is 5.26 Å². The van der Waals surface area contributed by atoms with E-state index in [2.05, 4.69) is 16.7 Å². The highest BCUT2D eigenvalue weighted by Gasteiger charge is 2.35. The third-order valence-electron chi connectivity index (χ3n) is 6.24. The van der Waals surface area contributed by atoms with Crippen LogP contribution in [0, 0.1) is 11.3 Å². The molecule has 0 saturated heterocycles. The molecular formula is C31H29N3O5S. The minimum absolute atomic E-state index is 0.0160. The highest BCUT2D eigenvalue weighted by atomic mass is 32.2. The number of anilines is 1. The molecule has 2 N–H and O–H groups in total. The molecule has 0 fully saturated rings. The lowest BCUT2D eigenvalue weighted by atomic mass is 9.82. The van der Waals surface area contributed by atoms with Gasteiger partial charge >= 0.3 is 5.97 Å². The van der Waals surface area contributed by atoms with E-state index in [1.807, 2.05) is 48.5 Å². The van der Waals surface area contributed by atoms with Gasteiger partial charge in [0.15, 0.2) is 11.5 Å². The first-order valence-corrected chi connectivity index (χ1v) is 13.5. The van der Waals surface area contributed by atoms with Crippen molar-refractivity contribution in [2.75, 3.05) is 25.3 Å². The molecule has 9 heteroatoms. The summed E-state index contributed by atoms with van der Waals surface area (Å²) in [6.07, 6.45) is 0. The standard InChI is InChI=1S/C31H29N3O5S/c1-20-28(30(36)34-23-12-8-5-9-13-23)29(22-14-15-25(37-2)26(16-22)38-3)24(17-32)31(33-20)40-19-27(35)39-18-21-10-6-4-7-11-21/h4-16,29,33H,18-19H2,1-3H3,(H,34,36). The maximum Gasteiger partial charge on any atom is 0.316 e. The Balaban J connectivity index is 1.65.